The van der Waals surface area contributed by atoms with Gasteiger partial charge in [0.25, 0.3) is 5.91 Å². The third-order valence-corrected chi connectivity index (χ3v) is 3.75. The van der Waals surface area contributed by atoms with Crippen molar-refractivity contribution < 1.29 is 19.7 Å². The highest BCUT2D eigenvalue weighted by atomic mass is 16.5. The molecule has 1 aliphatic rings. The van der Waals surface area contributed by atoms with E-state index in [1.165, 1.54) is 12.3 Å². The van der Waals surface area contributed by atoms with Gasteiger partial charge in [0, 0.05) is 18.2 Å². The topological polar surface area (TPSA) is 114 Å². The number of amides is 1. The van der Waals surface area contributed by atoms with Crippen molar-refractivity contribution in [2.75, 3.05) is 11.9 Å². The van der Waals surface area contributed by atoms with Crippen LogP contribution in [0.2, 0.25) is 0 Å². The number of nitrogens with zero attached hydrogens (tertiary/aromatic N) is 2. The third-order valence-electron chi connectivity index (χ3n) is 3.75. The minimum Gasteiger partial charge on any atom is -0.394 e. The van der Waals surface area contributed by atoms with Gasteiger partial charge in [0.2, 0.25) is 0 Å². The molecule has 3 unspecified atom stereocenters. The van der Waals surface area contributed by atoms with E-state index in [9.17, 15) is 14.7 Å². The molecule has 3 atom stereocenters. The Balaban J connectivity index is 1.76. The lowest BCUT2D eigenvalue weighted by Gasteiger charge is -2.17. The molecule has 1 saturated heterocycles. The van der Waals surface area contributed by atoms with Crippen molar-refractivity contribution in [1.29, 1.82) is 0 Å². The second-order valence-corrected chi connectivity index (χ2v) is 5.46. The lowest BCUT2D eigenvalue weighted by molar-refractivity contribution is -0.0529. The predicted molar refractivity (Wildman–Crippen MR) is 84.5 cm³/mol. The zero-order valence-electron chi connectivity index (χ0n) is 12.7. The first-order valence-corrected chi connectivity index (χ1v) is 7.48. The molecule has 2 heterocycles. The Labute approximate surface area is 137 Å². The number of carbonyl (C=O) groups is 1. The molecule has 2 aromatic rings. The number of ether oxygens (including phenoxy) is 1. The third kappa shape index (κ3) is 3.35. The second kappa shape index (κ2) is 6.91. The number of hydrogen-bond donors (Lipinski definition) is 3. The smallest absolute Gasteiger partial charge is 0.351 e. The Kier molecular flexibility index (Phi) is 4.70. The summed E-state index contributed by atoms with van der Waals surface area (Å²) in [5.41, 5.74) is -0.215. The van der Waals surface area contributed by atoms with Crippen LogP contribution in [0.5, 0.6) is 0 Å². The minimum absolute atomic E-state index is 0.108. The molecular formula is C16H17N3O5. The zero-order chi connectivity index (χ0) is 17.1. The van der Waals surface area contributed by atoms with Crippen LogP contribution in [0.25, 0.3) is 0 Å². The lowest BCUT2D eigenvalue weighted by atomic mass is 10.2. The van der Waals surface area contributed by atoms with Gasteiger partial charge in [-0.15, -0.1) is 0 Å². The minimum atomic E-state index is -0.911. The number of aliphatic hydroxyl groups excluding tert-OH is 2. The van der Waals surface area contributed by atoms with Gasteiger partial charge in [0.15, 0.2) is 6.23 Å². The van der Waals surface area contributed by atoms with Crippen molar-refractivity contribution >= 4 is 11.7 Å². The molecule has 0 bridgehead atoms. The first-order chi connectivity index (χ1) is 11.6. The van der Waals surface area contributed by atoms with Crippen molar-refractivity contribution in [3.8, 4) is 0 Å². The number of aromatic nitrogens is 2. The summed E-state index contributed by atoms with van der Waals surface area (Å²) >= 11 is 0. The molecule has 0 saturated carbocycles. The molecule has 8 nitrogen and oxygen atoms in total. The average Bonchev–Trinajstić information content (AvgIpc) is 2.96. The Bertz CT molecular complexity index is 777. The highest BCUT2D eigenvalue weighted by Gasteiger charge is 2.35. The van der Waals surface area contributed by atoms with Gasteiger partial charge in [-0.05, 0) is 18.2 Å². The van der Waals surface area contributed by atoms with E-state index >= 15 is 0 Å². The van der Waals surface area contributed by atoms with Gasteiger partial charge in [-0.3, -0.25) is 9.36 Å². The molecule has 3 N–H and O–H groups in total. The van der Waals surface area contributed by atoms with Crippen LogP contribution in [0.1, 0.15) is 23.0 Å². The van der Waals surface area contributed by atoms with Crippen LogP contribution in [-0.4, -0.2) is 44.5 Å². The molecule has 0 aliphatic carbocycles. The zero-order valence-corrected chi connectivity index (χ0v) is 12.7. The first kappa shape index (κ1) is 16.3. The van der Waals surface area contributed by atoms with E-state index in [4.69, 9.17) is 9.84 Å². The van der Waals surface area contributed by atoms with Crippen LogP contribution >= 0.6 is 0 Å². The summed E-state index contributed by atoms with van der Waals surface area (Å²) in [4.78, 5) is 28.0. The van der Waals surface area contributed by atoms with E-state index in [2.05, 4.69) is 10.3 Å². The molecule has 0 radical (unpaired) electrons. The Morgan fingerprint density at radius 2 is 2.08 bits per heavy atom. The molecule has 1 amide bonds. The average molecular weight is 331 g/mol. The quantitative estimate of drug-likeness (QED) is 0.734. The van der Waals surface area contributed by atoms with Crippen molar-refractivity contribution in [3.63, 3.8) is 0 Å². The van der Waals surface area contributed by atoms with Gasteiger partial charge >= 0.3 is 5.69 Å². The number of hydrogen-bond acceptors (Lipinski definition) is 6. The van der Waals surface area contributed by atoms with Gasteiger partial charge in [-0.25, -0.2) is 4.79 Å². The van der Waals surface area contributed by atoms with Gasteiger partial charge in [-0.2, -0.15) is 4.98 Å². The van der Waals surface area contributed by atoms with Crippen LogP contribution in [0.4, 0.5) is 5.82 Å². The molecular weight excluding hydrogens is 314 g/mol. The van der Waals surface area contributed by atoms with Crippen molar-refractivity contribution in [1.82, 2.24) is 9.55 Å². The number of benzene rings is 1. The fraction of sp³-hybridized carbons (Fsp3) is 0.312. The molecule has 3 rings (SSSR count). The number of anilines is 1. The van der Waals surface area contributed by atoms with Gasteiger partial charge in [-0.1, -0.05) is 18.2 Å². The van der Waals surface area contributed by atoms with Gasteiger partial charge in [0.05, 0.1) is 12.7 Å². The summed E-state index contributed by atoms with van der Waals surface area (Å²) in [6, 6.07) is 10.0. The fourth-order valence-electron chi connectivity index (χ4n) is 2.55. The number of aliphatic hydroxyl groups is 2. The standard InChI is InChI=1S/C16H17N3O5/c20-9-11-8-12(21)15(24-11)19-7-6-13(18-16(19)23)17-14(22)10-4-2-1-3-5-10/h1-7,11-12,15,20-21H,8-9H2,(H,17,18,22,23). The largest absolute Gasteiger partial charge is 0.394 e. The van der Waals surface area contributed by atoms with Crippen LogP contribution in [-0.2, 0) is 4.74 Å². The monoisotopic (exact) mass is 331 g/mol. The number of carbonyl (C=O) groups excluding carboxylic acids is 1. The molecule has 0 spiro atoms. The molecule has 8 heteroatoms. The van der Waals surface area contributed by atoms with Crippen molar-refractivity contribution in [2.24, 2.45) is 0 Å². The summed E-state index contributed by atoms with van der Waals surface area (Å²) in [6.45, 7) is -0.235. The number of rotatable bonds is 4. The maximum Gasteiger partial charge on any atom is 0.351 e. The second-order valence-electron chi connectivity index (χ2n) is 5.46. The summed E-state index contributed by atoms with van der Waals surface area (Å²) < 4.78 is 6.55. The maximum atomic E-state index is 12.1. The van der Waals surface area contributed by atoms with E-state index in [1.54, 1.807) is 30.3 Å². The Hall–Kier alpha value is -2.55. The first-order valence-electron chi connectivity index (χ1n) is 7.48. The Morgan fingerprint density at radius 1 is 1.33 bits per heavy atom. The SMILES string of the molecule is O=C(Nc1ccn(C2OC(CO)CC2O)c(=O)n1)c1ccccc1. The van der Waals surface area contributed by atoms with Crippen LogP contribution in [0.15, 0.2) is 47.4 Å². The summed E-state index contributed by atoms with van der Waals surface area (Å²) in [7, 11) is 0. The lowest BCUT2D eigenvalue weighted by Crippen LogP contribution is -2.32. The van der Waals surface area contributed by atoms with Crippen molar-refractivity contribution in [2.45, 2.75) is 24.9 Å². The number of nitrogens with one attached hydrogen (secondary N) is 1. The molecule has 1 fully saturated rings. The van der Waals surface area contributed by atoms with Crippen LogP contribution in [0, 0.1) is 0 Å². The highest BCUT2D eigenvalue weighted by molar-refractivity contribution is 6.03. The summed E-state index contributed by atoms with van der Waals surface area (Å²) in [5.74, 6) is -0.269. The molecule has 1 aliphatic heterocycles. The van der Waals surface area contributed by atoms with E-state index in [0.717, 1.165) is 4.57 Å². The predicted octanol–water partition coefficient (Wildman–Crippen LogP) is 0.136. The maximum absolute atomic E-state index is 12.1. The van der Waals surface area contributed by atoms with Crippen molar-refractivity contribution in [3.05, 3.63) is 58.6 Å². The van der Waals surface area contributed by atoms with Gasteiger partial charge in [0.1, 0.15) is 11.9 Å². The van der Waals surface area contributed by atoms with E-state index < -0.39 is 24.1 Å². The highest BCUT2D eigenvalue weighted by Crippen LogP contribution is 2.27. The van der Waals surface area contributed by atoms with Crippen LogP contribution in [0.3, 0.4) is 0 Å². The van der Waals surface area contributed by atoms with E-state index in [1.807, 2.05) is 0 Å². The van der Waals surface area contributed by atoms with Crippen LogP contribution < -0.4 is 11.0 Å². The molecule has 126 valence electrons. The molecule has 1 aromatic heterocycles. The summed E-state index contributed by atoms with van der Waals surface area (Å²) in [6.07, 6.45) is -0.703. The molecule has 1 aromatic carbocycles. The van der Waals surface area contributed by atoms with E-state index in [0.29, 0.717) is 5.56 Å². The summed E-state index contributed by atoms with van der Waals surface area (Å²) in [5, 5.41) is 21.6. The normalized spacial score (nSPS) is 23.2. The van der Waals surface area contributed by atoms with E-state index in [-0.39, 0.29) is 24.8 Å². The Morgan fingerprint density at radius 3 is 2.71 bits per heavy atom. The van der Waals surface area contributed by atoms with Gasteiger partial charge < -0.3 is 20.3 Å². The molecule has 24 heavy (non-hydrogen) atoms. The fourth-order valence-corrected chi connectivity index (χ4v) is 2.55.